The van der Waals surface area contributed by atoms with E-state index in [1.807, 2.05) is 32.0 Å². The highest BCUT2D eigenvalue weighted by Gasteiger charge is 2.08. The van der Waals surface area contributed by atoms with Gasteiger partial charge < -0.3 is 14.6 Å². The number of carbonyl (C=O) groups is 1. The summed E-state index contributed by atoms with van der Waals surface area (Å²) in [7, 11) is 1.45. The Morgan fingerprint density at radius 3 is 2.64 bits per heavy atom. The number of hydrogen-bond acceptors (Lipinski definition) is 5. The Kier molecular flexibility index (Phi) is 6.41. The molecule has 132 valence electrons. The van der Waals surface area contributed by atoms with E-state index < -0.39 is 0 Å². The van der Waals surface area contributed by atoms with Crippen molar-refractivity contribution in [2.45, 2.75) is 13.8 Å². The molecule has 0 heterocycles. The van der Waals surface area contributed by atoms with Crippen LogP contribution in [0.2, 0.25) is 0 Å². The number of nitrogens with one attached hydrogen (secondary N) is 1. The van der Waals surface area contributed by atoms with Crippen LogP contribution >= 0.6 is 15.9 Å². The van der Waals surface area contributed by atoms with Crippen LogP contribution in [-0.4, -0.2) is 30.9 Å². The number of hydrogen-bond donors (Lipinski definition) is 2. The van der Waals surface area contributed by atoms with Gasteiger partial charge in [0.1, 0.15) is 5.75 Å². The number of aromatic hydroxyl groups is 1. The molecule has 0 spiro atoms. The molecule has 0 aliphatic heterocycles. The molecule has 6 nitrogen and oxygen atoms in total. The number of ether oxygens (including phenoxy) is 2. The predicted molar refractivity (Wildman–Crippen MR) is 99.5 cm³/mol. The second-order valence-corrected chi connectivity index (χ2v) is 6.21. The van der Waals surface area contributed by atoms with Gasteiger partial charge in [-0.2, -0.15) is 5.10 Å². The van der Waals surface area contributed by atoms with Gasteiger partial charge in [0.15, 0.2) is 18.1 Å². The van der Waals surface area contributed by atoms with Crippen LogP contribution in [0.3, 0.4) is 0 Å². The number of benzene rings is 2. The van der Waals surface area contributed by atoms with Gasteiger partial charge in [-0.3, -0.25) is 4.79 Å². The number of aryl methyl sites for hydroxylation is 2. The molecule has 0 atom stereocenters. The quantitative estimate of drug-likeness (QED) is 0.569. The van der Waals surface area contributed by atoms with Crippen molar-refractivity contribution in [3.63, 3.8) is 0 Å². The second kappa shape index (κ2) is 8.53. The van der Waals surface area contributed by atoms with Crippen molar-refractivity contribution < 1.29 is 19.4 Å². The zero-order valence-electron chi connectivity index (χ0n) is 14.2. The van der Waals surface area contributed by atoms with E-state index >= 15 is 0 Å². The van der Waals surface area contributed by atoms with E-state index in [-0.39, 0.29) is 18.3 Å². The van der Waals surface area contributed by atoms with Crippen LogP contribution in [0.25, 0.3) is 0 Å². The molecule has 0 saturated heterocycles. The average Bonchev–Trinajstić information content (AvgIpc) is 2.57. The number of carbonyl (C=O) groups excluding carboxylic acids is 1. The summed E-state index contributed by atoms with van der Waals surface area (Å²) >= 11 is 3.22. The Morgan fingerprint density at radius 2 is 2.00 bits per heavy atom. The SMILES string of the molecule is COc1cc(/C=N\NC(=O)COc2c(C)cccc2C)cc(Br)c1O. The highest BCUT2D eigenvalue weighted by Crippen LogP contribution is 2.34. The molecule has 2 rings (SSSR count). The lowest BCUT2D eigenvalue weighted by Gasteiger charge is -2.10. The molecule has 25 heavy (non-hydrogen) atoms. The Balaban J connectivity index is 1.94. The van der Waals surface area contributed by atoms with Crippen molar-refractivity contribution in [2.24, 2.45) is 5.10 Å². The normalized spacial score (nSPS) is 10.7. The molecule has 0 saturated carbocycles. The fourth-order valence-corrected chi connectivity index (χ4v) is 2.66. The lowest BCUT2D eigenvalue weighted by atomic mass is 10.1. The largest absolute Gasteiger partial charge is 0.503 e. The molecule has 0 unspecified atom stereocenters. The number of methoxy groups -OCH3 is 1. The van der Waals surface area contributed by atoms with Gasteiger partial charge in [-0.1, -0.05) is 18.2 Å². The molecular formula is C18H19BrN2O4. The van der Waals surface area contributed by atoms with Gasteiger partial charge in [-0.15, -0.1) is 0 Å². The van der Waals surface area contributed by atoms with Crippen LogP contribution in [0.15, 0.2) is 39.9 Å². The number of amides is 1. The van der Waals surface area contributed by atoms with Gasteiger partial charge >= 0.3 is 0 Å². The van der Waals surface area contributed by atoms with Crippen LogP contribution in [0.5, 0.6) is 17.2 Å². The van der Waals surface area contributed by atoms with Crippen molar-refractivity contribution >= 4 is 28.1 Å². The van der Waals surface area contributed by atoms with Gasteiger partial charge in [0, 0.05) is 0 Å². The molecule has 0 fully saturated rings. The van der Waals surface area contributed by atoms with E-state index in [0.29, 0.717) is 21.5 Å². The number of para-hydroxylation sites is 1. The molecular weight excluding hydrogens is 388 g/mol. The maximum atomic E-state index is 11.8. The zero-order valence-corrected chi connectivity index (χ0v) is 15.8. The maximum absolute atomic E-state index is 11.8. The summed E-state index contributed by atoms with van der Waals surface area (Å²) in [4.78, 5) is 11.8. The van der Waals surface area contributed by atoms with Crippen molar-refractivity contribution in [3.8, 4) is 17.2 Å². The number of rotatable bonds is 6. The third-order valence-corrected chi connectivity index (χ3v) is 4.03. The van der Waals surface area contributed by atoms with Crippen molar-refractivity contribution in [1.29, 1.82) is 0 Å². The summed E-state index contributed by atoms with van der Waals surface area (Å²) in [6, 6.07) is 9.04. The predicted octanol–water partition coefficient (Wildman–Crippen LogP) is 3.31. The topological polar surface area (TPSA) is 80.2 Å². The van der Waals surface area contributed by atoms with Gasteiger partial charge in [0.05, 0.1) is 17.8 Å². The van der Waals surface area contributed by atoms with Crippen molar-refractivity contribution in [3.05, 3.63) is 51.5 Å². The molecule has 0 aromatic heterocycles. The smallest absolute Gasteiger partial charge is 0.277 e. The standard InChI is InChI=1S/C18H19BrN2O4/c1-11-5-4-6-12(2)18(11)25-10-16(22)21-20-9-13-7-14(19)17(23)15(8-13)24-3/h4-9,23H,10H2,1-3H3,(H,21,22)/b20-9-. The first-order valence-electron chi connectivity index (χ1n) is 7.49. The lowest BCUT2D eigenvalue weighted by molar-refractivity contribution is -0.123. The molecule has 7 heteroatoms. The van der Waals surface area contributed by atoms with Crippen LogP contribution in [0, 0.1) is 13.8 Å². The molecule has 2 aromatic rings. The molecule has 0 aliphatic carbocycles. The van der Waals surface area contributed by atoms with E-state index in [9.17, 15) is 9.90 Å². The second-order valence-electron chi connectivity index (χ2n) is 5.36. The molecule has 0 aliphatic rings. The highest BCUT2D eigenvalue weighted by molar-refractivity contribution is 9.10. The Bertz CT molecular complexity index is 786. The van der Waals surface area contributed by atoms with Crippen LogP contribution in [-0.2, 0) is 4.79 Å². The third-order valence-electron chi connectivity index (χ3n) is 3.43. The van der Waals surface area contributed by atoms with Gasteiger partial charge in [-0.25, -0.2) is 5.43 Å². The van der Waals surface area contributed by atoms with Crippen molar-refractivity contribution in [2.75, 3.05) is 13.7 Å². The van der Waals surface area contributed by atoms with E-state index in [0.717, 1.165) is 11.1 Å². The maximum Gasteiger partial charge on any atom is 0.277 e. The fourth-order valence-electron chi connectivity index (χ4n) is 2.20. The van der Waals surface area contributed by atoms with E-state index in [2.05, 4.69) is 26.5 Å². The fraction of sp³-hybridized carbons (Fsp3) is 0.222. The minimum Gasteiger partial charge on any atom is -0.503 e. The molecule has 1 amide bonds. The Morgan fingerprint density at radius 1 is 1.32 bits per heavy atom. The van der Waals surface area contributed by atoms with E-state index in [1.54, 1.807) is 12.1 Å². The van der Waals surface area contributed by atoms with Crippen LogP contribution < -0.4 is 14.9 Å². The first kappa shape index (κ1) is 18.8. The minimum absolute atomic E-state index is 0.00527. The summed E-state index contributed by atoms with van der Waals surface area (Å²) < 4.78 is 11.1. The van der Waals surface area contributed by atoms with E-state index in [1.165, 1.54) is 13.3 Å². The number of phenolic OH excluding ortho intramolecular Hbond substituents is 1. The number of halogens is 1. The summed E-state index contributed by atoms with van der Waals surface area (Å²) in [5, 5.41) is 13.6. The molecule has 2 aromatic carbocycles. The summed E-state index contributed by atoms with van der Waals surface area (Å²) in [6.07, 6.45) is 1.45. The zero-order chi connectivity index (χ0) is 18.4. The van der Waals surface area contributed by atoms with Crippen LogP contribution in [0.4, 0.5) is 0 Å². The molecule has 0 radical (unpaired) electrons. The number of hydrazone groups is 1. The van der Waals surface area contributed by atoms with E-state index in [4.69, 9.17) is 9.47 Å². The number of phenols is 1. The van der Waals surface area contributed by atoms with Gasteiger partial charge in [0.25, 0.3) is 5.91 Å². The van der Waals surface area contributed by atoms with Crippen molar-refractivity contribution in [1.82, 2.24) is 5.43 Å². The Labute approximate surface area is 154 Å². The summed E-state index contributed by atoms with van der Waals surface area (Å²) in [5.74, 6) is 0.642. The van der Waals surface area contributed by atoms with Crippen LogP contribution in [0.1, 0.15) is 16.7 Å². The van der Waals surface area contributed by atoms with Gasteiger partial charge in [0.2, 0.25) is 0 Å². The third kappa shape index (κ3) is 4.96. The summed E-state index contributed by atoms with van der Waals surface area (Å²) in [5.41, 5.74) is 4.99. The first-order chi connectivity index (χ1) is 11.9. The highest BCUT2D eigenvalue weighted by atomic mass is 79.9. The Hall–Kier alpha value is -2.54. The monoisotopic (exact) mass is 406 g/mol. The molecule has 0 bridgehead atoms. The van der Waals surface area contributed by atoms with Gasteiger partial charge in [-0.05, 0) is 58.6 Å². The molecule has 2 N–H and O–H groups in total. The summed E-state index contributed by atoms with van der Waals surface area (Å²) in [6.45, 7) is 3.72. The average molecular weight is 407 g/mol. The number of nitrogens with zero attached hydrogens (tertiary/aromatic N) is 1. The lowest BCUT2D eigenvalue weighted by Crippen LogP contribution is -2.25. The first-order valence-corrected chi connectivity index (χ1v) is 8.29. The minimum atomic E-state index is -0.372.